The molecule has 0 spiro atoms. The van der Waals surface area contributed by atoms with Gasteiger partial charge in [0.05, 0.1) is 19.3 Å². The fourth-order valence-corrected chi connectivity index (χ4v) is 2.46. The van der Waals surface area contributed by atoms with Crippen LogP contribution in [0.5, 0.6) is 0 Å². The average Bonchev–Trinajstić information content (AvgIpc) is 2.72. The number of nitrogens with one attached hydrogen (secondary N) is 2. The first-order valence-electron chi connectivity index (χ1n) is 9.00. The number of anilines is 1. The normalized spacial score (nSPS) is 11.2. The zero-order valence-electron chi connectivity index (χ0n) is 15.9. The van der Waals surface area contributed by atoms with Crippen molar-refractivity contribution >= 4 is 23.7 Å². The molecule has 0 heterocycles. The van der Waals surface area contributed by atoms with Crippen molar-refractivity contribution < 1.29 is 23.9 Å². The molecular formula is C21H24N2O5. The fraction of sp³-hybridized carbons (Fsp3) is 0.286. The predicted molar refractivity (Wildman–Crippen MR) is 105 cm³/mol. The summed E-state index contributed by atoms with van der Waals surface area (Å²) in [5, 5.41) is 5.28. The van der Waals surface area contributed by atoms with E-state index in [-0.39, 0.29) is 0 Å². The van der Waals surface area contributed by atoms with Crippen LogP contribution in [0.4, 0.5) is 10.5 Å². The number of carbonyl (C=O) groups excluding carboxylic acids is 3. The van der Waals surface area contributed by atoms with Gasteiger partial charge in [0.15, 0.2) is 0 Å². The van der Waals surface area contributed by atoms with Crippen molar-refractivity contribution in [3.63, 3.8) is 0 Å². The Labute approximate surface area is 164 Å². The summed E-state index contributed by atoms with van der Waals surface area (Å²) in [7, 11) is 1.24. The fourth-order valence-electron chi connectivity index (χ4n) is 2.46. The van der Waals surface area contributed by atoms with E-state index in [0.717, 1.165) is 12.0 Å². The lowest BCUT2D eigenvalue weighted by atomic mass is 10.1. The lowest BCUT2D eigenvalue weighted by molar-refractivity contribution is -0.118. The van der Waals surface area contributed by atoms with Crippen molar-refractivity contribution in [3.05, 3.63) is 65.7 Å². The number of benzene rings is 2. The Kier molecular flexibility index (Phi) is 8.02. The van der Waals surface area contributed by atoms with Gasteiger partial charge in [-0.2, -0.15) is 0 Å². The zero-order chi connectivity index (χ0) is 20.4. The number of hydrogen-bond acceptors (Lipinski definition) is 5. The van der Waals surface area contributed by atoms with Crippen molar-refractivity contribution in [3.8, 4) is 0 Å². The minimum Gasteiger partial charge on any atom is -0.462 e. The number of methoxy groups -OCH3 is 1. The number of alkyl carbamates (subject to hydrolysis) is 1. The van der Waals surface area contributed by atoms with E-state index in [1.54, 1.807) is 24.3 Å². The minimum absolute atomic E-state index is 0.309. The monoisotopic (exact) mass is 384 g/mol. The predicted octanol–water partition coefficient (Wildman–Crippen LogP) is 3.16. The molecule has 0 saturated carbocycles. The number of ether oxygens (including phenoxy) is 2. The third kappa shape index (κ3) is 6.42. The van der Waals surface area contributed by atoms with E-state index in [2.05, 4.69) is 15.4 Å². The van der Waals surface area contributed by atoms with Crippen LogP contribution in [0.3, 0.4) is 0 Å². The van der Waals surface area contributed by atoms with Gasteiger partial charge in [-0.1, -0.05) is 37.3 Å². The molecule has 148 valence electrons. The lowest BCUT2D eigenvalue weighted by Crippen LogP contribution is -2.45. The van der Waals surface area contributed by atoms with Crippen LogP contribution in [-0.4, -0.2) is 37.7 Å². The van der Waals surface area contributed by atoms with Gasteiger partial charge in [0.2, 0.25) is 5.91 Å². The van der Waals surface area contributed by atoms with Crippen molar-refractivity contribution in [2.24, 2.45) is 0 Å². The molecule has 7 nitrogen and oxygen atoms in total. The molecule has 0 radical (unpaired) electrons. The Balaban J connectivity index is 2.05. The molecule has 0 fully saturated rings. The molecule has 2 N–H and O–H groups in total. The Morgan fingerprint density at radius 1 is 1.00 bits per heavy atom. The molecule has 0 bridgehead atoms. The highest BCUT2D eigenvalue weighted by Crippen LogP contribution is 2.12. The summed E-state index contributed by atoms with van der Waals surface area (Å²) >= 11 is 0. The second-order valence-corrected chi connectivity index (χ2v) is 6.08. The number of carbonyl (C=O) groups is 3. The molecule has 0 aliphatic heterocycles. The number of amides is 2. The summed E-state index contributed by atoms with van der Waals surface area (Å²) in [5.74, 6) is -0.801. The van der Waals surface area contributed by atoms with Crippen LogP contribution in [0.1, 0.15) is 29.3 Å². The topological polar surface area (TPSA) is 93.7 Å². The van der Waals surface area contributed by atoms with Gasteiger partial charge in [0.25, 0.3) is 0 Å². The maximum absolute atomic E-state index is 12.7. The Morgan fingerprint density at radius 2 is 1.68 bits per heavy atom. The smallest absolute Gasteiger partial charge is 0.407 e. The summed E-state index contributed by atoms with van der Waals surface area (Å²) in [6, 6.07) is 14.9. The standard InChI is InChI=1S/C21H24N2O5/c1-3-13-28-20(25)16-9-11-17(12-10-16)22-19(24)18(23-21(26)27-2)14-15-7-5-4-6-8-15/h4-12,18H,3,13-14H2,1-2H3,(H,22,24)(H,23,26). The number of hydrogen-bond donors (Lipinski definition) is 2. The van der Waals surface area contributed by atoms with Gasteiger partial charge in [-0.25, -0.2) is 9.59 Å². The second kappa shape index (κ2) is 10.7. The Bertz CT molecular complexity index is 790. The molecule has 0 aliphatic rings. The molecule has 7 heteroatoms. The molecule has 0 aromatic heterocycles. The summed E-state index contributed by atoms with van der Waals surface area (Å²) in [5.41, 5.74) is 1.80. The van der Waals surface area contributed by atoms with E-state index >= 15 is 0 Å². The number of rotatable bonds is 8. The molecule has 1 atom stereocenters. The first-order valence-corrected chi connectivity index (χ1v) is 9.00. The summed E-state index contributed by atoms with van der Waals surface area (Å²) in [6.45, 7) is 2.28. The van der Waals surface area contributed by atoms with Gasteiger partial charge in [-0.3, -0.25) is 4.79 Å². The molecule has 0 saturated heterocycles. The van der Waals surface area contributed by atoms with Gasteiger partial charge in [-0.15, -0.1) is 0 Å². The van der Waals surface area contributed by atoms with E-state index in [1.807, 2.05) is 37.3 Å². The molecule has 2 aromatic rings. The zero-order valence-corrected chi connectivity index (χ0v) is 15.9. The van der Waals surface area contributed by atoms with E-state index in [1.165, 1.54) is 7.11 Å². The van der Waals surface area contributed by atoms with E-state index in [4.69, 9.17) is 4.74 Å². The maximum atomic E-state index is 12.7. The van der Waals surface area contributed by atoms with Crippen LogP contribution in [0, 0.1) is 0 Å². The summed E-state index contributed by atoms with van der Waals surface area (Å²) in [6.07, 6.45) is 0.365. The van der Waals surface area contributed by atoms with Crippen molar-refractivity contribution in [1.82, 2.24) is 5.32 Å². The van der Waals surface area contributed by atoms with Crippen molar-refractivity contribution in [1.29, 1.82) is 0 Å². The molecule has 1 unspecified atom stereocenters. The molecule has 0 aliphatic carbocycles. The Morgan fingerprint density at radius 3 is 2.29 bits per heavy atom. The van der Waals surface area contributed by atoms with Gasteiger partial charge >= 0.3 is 12.1 Å². The largest absolute Gasteiger partial charge is 0.462 e. The average molecular weight is 384 g/mol. The first-order chi connectivity index (χ1) is 13.5. The van der Waals surface area contributed by atoms with Crippen LogP contribution in [-0.2, 0) is 20.7 Å². The molecule has 2 amide bonds. The van der Waals surface area contributed by atoms with Crippen LogP contribution in [0.15, 0.2) is 54.6 Å². The molecule has 2 aromatic carbocycles. The van der Waals surface area contributed by atoms with Crippen LogP contribution in [0.25, 0.3) is 0 Å². The van der Waals surface area contributed by atoms with Crippen molar-refractivity contribution in [2.45, 2.75) is 25.8 Å². The van der Waals surface area contributed by atoms with Gasteiger partial charge in [0.1, 0.15) is 6.04 Å². The second-order valence-electron chi connectivity index (χ2n) is 6.08. The molecule has 28 heavy (non-hydrogen) atoms. The van der Waals surface area contributed by atoms with Gasteiger partial charge < -0.3 is 20.1 Å². The van der Waals surface area contributed by atoms with Gasteiger partial charge in [-0.05, 0) is 36.2 Å². The van der Waals surface area contributed by atoms with E-state index in [0.29, 0.717) is 24.3 Å². The van der Waals surface area contributed by atoms with Crippen molar-refractivity contribution in [2.75, 3.05) is 19.0 Å². The third-order valence-electron chi connectivity index (χ3n) is 3.90. The van der Waals surface area contributed by atoms with E-state index in [9.17, 15) is 14.4 Å². The third-order valence-corrected chi connectivity index (χ3v) is 3.90. The van der Waals surface area contributed by atoms with E-state index < -0.39 is 24.0 Å². The quantitative estimate of drug-likeness (QED) is 0.682. The highest BCUT2D eigenvalue weighted by Gasteiger charge is 2.22. The summed E-state index contributed by atoms with van der Waals surface area (Å²) in [4.78, 5) is 36.1. The first kappa shape index (κ1) is 21.0. The maximum Gasteiger partial charge on any atom is 0.407 e. The highest BCUT2D eigenvalue weighted by atomic mass is 16.5. The summed E-state index contributed by atoms with van der Waals surface area (Å²) < 4.78 is 9.68. The SMILES string of the molecule is CCCOC(=O)c1ccc(NC(=O)C(Cc2ccccc2)NC(=O)OC)cc1. The minimum atomic E-state index is -0.816. The lowest BCUT2D eigenvalue weighted by Gasteiger charge is -2.18. The molecule has 2 rings (SSSR count). The van der Waals surface area contributed by atoms with Gasteiger partial charge in [0, 0.05) is 12.1 Å². The number of esters is 1. The molecular weight excluding hydrogens is 360 g/mol. The Hall–Kier alpha value is -3.35. The van der Waals surface area contributed by atoms with Crippen LogP contribution >= 0.6 is 0 Å². The highest BCUT2D eigenvalue weighted by molar-refractivity contribution is 5.97. The van der Waals surface area contributed by atoms with Crippen LogP contribution in [0.2, 0.25) is 0 Å². The van der Waals surface area contributed by atoms with Crippen LogP contribution < -0.4 is 10.6 Å².